The Morgan fingerprint density at radius 2 is 2.06 bits per heavy atom. The van der Waals surface area contributed by atoms with Crippen molar-refractivity contribution in [2.75, 3.05) is 25.0 Å². The van der Waals surface area contributed by atoms with Gasteiger partial charge in [0.25, 0.3) is 0 Å². The largest absolute Gasteiger partial charge is 0.422 e. The number of aromatic nitrogens is 4. The average Bonchev–Trinajstić information content (AvgIpc) is 3.32. The van der Waals surface area contributed by atoms with Gasteiger partial charge in [0.15, 0.2) is 5.78 Å². The summed E-state index contributed by atoms with van der Waals surface area (Å²) in [6.45, 7) is 3.07. The predicted octanol–water partition coefficient (Wildman–Crippen LogP) is 3.53. The fourth-order valence-electron chi connectivity index (χ4n) is 4.54. The molecule has 4 heterocycles. The lowest BCUT2D eigenvalue weighted by Crippen LogP contribution is -2.35. The molecule has 2 N–H and O–H groups in total. The van der Waals surface area contributed by atoms with E-state index in [2.05, 4.69) is 25.6 Å². The molecule has 10 heteroatoms. The molecule has 0 bridgehead atoms. The lowest BCUT2D eigenvalue weighted by molar-refractivity contribution is 0.0277. The van der Waals surface area contributed by atoms with E-state index in [1.165, 1.54) is 6.92 Å². The molecule has 1 aliphatic heterocycles. The molecule has 0 aliphatic carbocycles. The summed E-state index contributed by atoms with van der Waals surface area (Å²) in [6.07, 6.45) is 2.95. The van der Waals surface area contributed by atoms with E-state index in [9.17, 15) is 9.59 Å². The maximum Gasteiger partial charge on any atom is 0.347 e. The Hall–Kier alpha value is -4.41. The summed E-state index contributed by atoms with van der Waals surface area (Å²) in [6, 6.07) is 14.9. The van der Waals surface area contributed by atoms with E-state index in [0.29, 0.717) is 53.7 Å². The Balaban J connectivity index is 1.38. The van der Waals surface area contributed by atoms with Crippen molar-refractivity contribution in [3.05, 3.63) is 82.6 Å². The van der Waals surface area contributed by atoms with Crippen molar-refractivity contribution in [2.24, 2.45) is 0 Å². The molecule has 6 rings (SSSR count). The number of carbonyl (C=O) groups excluding carboxylic acids is 1. The van der Waals surface area contributed by atoms with Crippen molar-refractivity contribution in [1.82, 2.24) is 24.8 Å². The summed E-state index contributed by atoms with van der Waals surface area (Å²) in [5.74, 6) is 0.672. The second-order valence-electron chi connectivity index (χ2n) is 8.48. The highest BCUT2D eigenvalue weighted by Gasteiger charge is 2.27. The van der Waals surface area contributed by atoms with Gasteiger partial charge in [-0.25, -0.2) is 14.8 Å². The van der Waals surface area contributed by atoms with Gasteiger partial charge in [-0.1, -0.05) is 12.1 Å². The maximum atomic E-state index is 12.8. The van der Waals surface area contributed by atoms with E-state index in [1.54, 1.807) is 24.7 Å². The lowest BCUT2D eigenvalue weighted by Gasteiger charge is -2.26. The van der Waals surface area contributed by atoms with Crippen molar-refractivity contribution in [1.29, 1.82) is 0 Å². The van der Waals surface area contributed by atoms with Gasteiger partial charge in [-0.15, -0.1) is 0 Å². The highest BCUT2D eigenvalue weighted by Crippen LogP contribution is 2.31. The number of ether oxygens (including phenoxy) is 1. The van der Waals surface area contributed by atoms with Crippen LogP contribution in [0.2, 0.25) is 0 Å². The zero-order valence-electron chi connectivity index (χ0n) is 19.4. The first-order valence-corrected chi connectivity index (χ1v) is 11.5. The maximum absolute atomic E-state index is 12.8. The van der Waals surface area contributed by atoms with Gasteiger partial charge in [0.05, 0.1) is 23.7 Å². The van der Waals surface area contributed by atoms with Gasteiger partial charge in [0.2, 0.25) is 5.95 Å². The van der Waals surface area contributed by atoms with Crippen LogP contribution in [-0.2, 0) is 4.74 Å². The topological polar surface area (TPSA) is 124 Å². The molecular formula is C26H22N6O4. The van der Waals surface area contributed by atoms with E-state index in [1.807, 2.05) is 41.0 Å². The molecule has 180 valence electrons. The molecule has 5 aromatic rings. The van der Waals surface area contributed by atoms with E-state index < -0.39 is 11.7 Å². The number of fused-ring (bicyclic) bond motifs is 2. The number of rotatable bonds is 5. The third-order valence-electron chi connectivity index (χ3n) is 6.15. The first-order valence-electron chi connectivity index (χ1n) is 11.5. The molecule has 3 aromatic heterocycles. The smallest absolute Gasteiger partial charge is 0.347 e. The van der Waals surface area contributed by atoms with Crippen molar-refractivity contribution in [3.8, 4) is 5.82 Å². The number of imidazole rings is 1. The fourth-order valence-corrected chi connectivity index (χ4v) is 4.54. The predicted molar refractivity (Wildman–Crippen MR) is 134 cm³/mol. The molecule has 0 spiro atoms. The van der Waals surface area contributed by atoms with E-state index in [4.69, 9.17) is 9.15 Å². The molecule has 10 nitrogen and oxygen atoms in total. The Morgan fingerprint density at radius 1 is 1.17 bits per heavy atom. The molecule has 1 unspecified atom stereocenters. The van der Waals surface area contributed by atoms with E-state index in [-0.39, 0.29) is 11.3 Å². The van der Waals surface area contributed by atoms with E-state index in [0.717, 1.165) is 11.0 Å². The van der Waals surface area contributed by atoms with Gasteiger partial charge >= 0.3 is 5.63 Å². The molecule has 1 saturated heterocycles. The minimum atomic E-state index is -0.679. The SMILES string of the molecule is CC(=O)c1c(C2CNCCO2)c2ccc(Nc3nccc(-n4cnc5ccccc54)n3)cc2oc1=O. The van der Waals surface area contributed by atoms with Crippen LogP contribution in [0.1, 0.15) is 28.9 Å². The normalized spacial score (nSPS) is 15.9. The monoisotopic (exact) mass is 482 g/mol. The number of nitrogens with one attached hydrogen (secondary N) is 2. The molecular weight excluding hydrogens is 460 g/mol. The summed E-state index contributed by atoms with van der Waals surface area (Å²) in [5, 5.41) is 7.08. The summed E-state index contributed by atoms with van der Waals surface area (Å²) in [5.41, 5.74) is 2.68. The minimum absolute atomic E-state index is 0.0282. The van der Waals surface area contributed by atoms with Gasteiger partial charge in [-0.05, 0) is 37.3 Å². The molecule has 2 aromatic carbocycles. The number of morpholine rings is 1. The van der Waals surface area contributed by atoms with Crippen LogP contribution < -0.4 is 16.3 Å². The number of nitrogens with zero attached hydrogens (tertiary/aromatic N) is 4. The van der Waals surface area contributed by atoms with Crippen LogP contribution in [-0.4, -0.2) is 45.0 Å². The number of ketones is 1. The Labute approximate surface area is 205 Å². The third-order valence-corrected chi connectivity index (χ3v) is 6.15. The minimum Gasteiger partial charge on any atom is -0.422 e. The number of carbonyl (C=O) groups is 1. The number of Topliss-reactive ketones (excluding diaryl/α,β-unsaturated/α-hetero) is 1. The van der Waals surface area contributed by atoms with Gasteiger partial charge in [-0.3, -0.25) is 9.36 Å². The molecule has 0 amide bonds. The standard InChI is InChI=1S/C26H22N6O4/c1-15(33)23-24(21-13-27-10-11-35-21)17-7-6-16(12-20(17)36-25(23)34)30-26-28-9-8-22(31-26)32-14-29-18-4-2-3-5-19(18)32/h2-9,12,14,21,27H,10-11,13H2,1H3,(H,28,30,31). The molecule has 0 radical (unpaired) electrons. The molecule has 0 saturated carbocycles. The van der Waals surface area contributed by atoms with Gasteiger partial charge < -0.3 is 19.8 Å². The second kappa shape index (κ2) is 8.99. The molecule has 1 aliphatic rings. The average molecular weight is 483 g/mol. The molecule has 1 fully saturated rings. The van der Waals surface area contributed by atoms with Gasteiger partial charge in [-0.2, -0.15) is 4.98 Å². The first kappa shape index (κ1) is 22.1. The Morgan fingerprint density at radius 3 is 2.89 bits per heavy atom. The Bertz CT molecular complexity index is 1670. The fraction of sp³-hybridized carbons (Fsp3) is 0.192. The van der Waals surface area contributed by atoms with Crippen molar-refractivity contribution < 1.29 is 13.9 Å². The third kappa shape index (κ3) is 3.92. The number of benzene rings is 2. The van der Waals surface area contributed by atoms with Crippen LogP contribution >= 0.6 is 0 Å². The van der Waals surface area contributed by atoms with Crippen LogP contribution in [0.3, 0.4) is 0 Å². The van der Waals surface area contributed by atoms with Gasteiger partial charge in [0, 0.05) is 42.0 Å². The van der Waals surface area contributed by atoms with Crippen molar-refractivity contribution >= 4 is 39.4 Å². The summed E-state index contributed by atoms with van der Waals surface area (Å²) >= 11 is 0. The zero-order valence-corrected chi connectivity index (χ0v) is 19.4. The summed E-state index contributed by atoms with van der Waals surface area (Å²) in [7, 11) is 0. The molecule has 36 heavy (non-hydrogen) atoms. The zero-order chi connectivity index (χ0) is 24.6. The summed E-state index contributed by atoms with van der Waals surface area (Å²) in [4.78, 5) is 38.5. The quantitative estimate of drug-likeness (QED) is 0.286. The van der Waals surface area contributed by atoms with Crippen LogP contribution in [0, 0.1) is 0 Å². The molecule has 1 atom stereocenters. The Kier molecular flexibility index (Phi) is 5.51. The van der Waals surface area contributed by atoms with Crippen molar-refractivity contribution in [3.63, 3.8) is 0 Å². The van der Waals surface area contributed by atoms with Crippen LogP contribution in [0.15, 0.2) is 70.3 Å². The number of para-hydroxylation sites is 2. The number of hydrogen-bond donors (Lipinski definition) is 2. The number of anilines is 2. The highest BCUT2D eigenvalue weighted by molar-refractivity contribution is 6.00. The first-order chi connectivity index (χ1) is 17.6. The van der Waals surface area contributed by atoms with Crippen LogP contribution in [0.5, 0.6) is 0 Å². The number of hydrogen-bond acceptors (Lipinski definition) is 9. The van der Waals surface area contributed by atoms with Crippen LogP contribution in [0.4, 0.5) is 11.6 Å². The van der Waals surface area contributed by atoms with E-state index >= 15 is 0 Å². The van der Waals surface area contributed by atoms with Gasteiger partial charge in [0.1, 0.15) is 23.3 Å². The summed E-state index contributed by atoms with van der Waals surface area (Å²) < 4.78 is 13.3. The van der Waals surface area contributed by atoms with Crippen molar-refractivity contribution in [2.45, 2.75) is 13.0 Å². The highest BCUT2D eigenvalue weighted by atomic mass is 16.5. The lowest BCUT2D eigenvalue weighted by atomic mass is 9.96. The second-order valence-corrected chi connectivity index (χ2v) is 8.48. The van der Waals surface area contributed by atoms with Crippen LogP contribution in [0.25, 0.3) is 27.8 Å².